The summed E-state index contributed by atoms with van der Waals surface area (Å²) >= 11 is 0. The van der Waals surface area contributed by atoms with Gasteiger partial charge in [-0.1, -0.05) is 18.9 Å². The Balaban J connectivity index is 1.45. The summed E-state index contributed by atoms with van der Waals surface area (Å²) in [4.78, 5) is 0. The Morgan fingerprint density at radius 3 is 2.55 bits per heavy atom. The van der Waals surface area contributed by atoms with Crippen LogP contribution in [0.2, 0.25) is 0 Å². The number of nitrogens with one attached hydrogen (secondary N) is 1. The minimum Gasteiger partial charge on any atom is -0.454 e. The Kier molecular flexibility index (Phi) is 3.31. The summed E-state index contributed by atoms with van der Waals surface area (Å²) in [5.41, 5.74) is 1.37. The molecule has 20 heavy (non-hydrogen) atoms. The summed E-state index contributed by atoms with van der Waals surface area (Å²) in [6.45, 7) is 0.366. The lowest BCUT2D eigenvalue weighted by Crippen LogP contribution is -2.48. The average Bonchev–Trinajstić information content (AvgIpc) is 2.78. The molecule has 2 fully saturated rings. The maximum atomic E-state index is 5.49. The number of hydrogen-bond acceptors (Lipinski definition) is 3. The Morgan fingerprint density at radius 1 is 1.05 bits per heavy atom. The molecule has 1 aromatic carbocycles. The van der Waals surface area contributed by atoms with E-state index < -0.39 is 0 Å². The van der Waals surface area contributed by atoms with Crippen LogP contribution in [-0.2, 0) is 6.42 Å². The van der Waals surface area contributed by atoms with Crippen LogP contribution in [0.15, 0.2) is 18.2 Å². The lowest BCUT2D eigenvalue weighted by molar-refractivity contribution is 0.173. The van der Waals surface area contributed by atoms with Gasteiger partial charge in [0.25, 0.3) is 0 Å². The third-order valence-electron chi connectivity index (χ3n) is 5.17. The molecule has 0 saturated heterocycles. The lowest BCUT2D eigenvalue weighted by Gasteiger charge is -2.39. The molecular formula is C17H23NO2. The molecule has 1 aliphatic heterocycles. The largest absolute Gasteiger partial charge is 0.454 e. The Hall–Kier alpha value is -1.22. The second kappa shape index (κ2) is 5.28. The first-order valence-electron chi connectivity index (χ1n) is 8.03. The van der Waals surface area contributed by atoms with E-state index in [0.717, 1.165) is 29.9 Å². The first kappa shape index (κ1) is 12.5. The van der Waals surface area contributed by atoms with Crippen LogP contribution in [0, 0.1) is 5.92 Å². The zero-order valence-electron chi connectivity index (χ0n) is 11.9. The predicted molar refractivity (Wildman–Crippen MR) is 78.2 cm³/mol. The highest BCUT2D eigenvalue weighted by atomic mass is 16.7. The molecule has 1 unspecified atom stereocenters. The second-order valence-corrected chi connectivity index (χ2v) is 6.48. The number of rotatable bonds is 5. The summed E-state index contributed by atoms with van der Waals surface area (Å²) in [6, 6.07) is 7.83. The Morgan fingerprint density at radius 2 is 1.85 bits per heavy atom. The lowest BCUT2D eigenvalue weighted by atomic mass is 9.76. The quantitative estimate of drug-likeness (QED) is 0.893. The Bertz CT molecular complexity index is 480. The van der Waals surface area contributed by atoms with Crippen molar-refractivity contribution in [2.45, 2.75) is 57.0 Å². The van der Waals surface area contributed by atoms with Crippen LogP contribution >= 0.6 is 0 Å². The molecule has 1 heterocycles. The van der Waals surface area contributed by atoms with E-state index >= 15 is 0 Å². The molecule has 0 aromatic heterocycles. The molecule has 3 aliphatic rings. The maximum Gasteiger partial charge on any atom is 0.231 e. The SMILES string of the molecule is c1cc2c(cc1CC(NC1CCC1)C1CCC1)OCO2. The van der Waals surface area contributed by atoms with E-state index in [0.29, 0.717) is 12.8 Å². The van der Waals surface area contributed by atoms with Crippen molar-refractivity contribution in [3.8, 4) is 11.5 Å². The first-order chi connectivity index (χ1) is 9.88. The van der Waals surface area contributed by atoms with E-state index in [2.05, 4.69) is 23.5 Å². The van der Waals surface area contributed by atoms with Gasteiger partial charge in [0.1, 0.15) is 0 Å². The molecule has 3 heteroatoms. The van der Waals surface area contributed by atoms with Crippen LogP contribution in [0.5, 0.6) is 11.5 Å². The molecule has 2 saturated carbocycles. The molecule has 3 nitrogen and oxygen atoms in total. The van der Waals surface area contributed by atoms with Gasteiger partial charge >= 0.3 is 0 Å². The van der Waals surface area contributed by atoms with Gasteiger partial charge in [-0.25, -0.2) is 0 Å². The molecule has 1 aromatic rings. The summed E-state index contributed by atoms with van der Waals surface area (Å²) < 4.78 is 10.9. The van der Waals surface area contributed by atoms with Crippen molar-refractivity contribution >= 4 is 0 Å². The summed E-state index contributed by atoms with van der Waals surface area (Å²) in [6.07, 6.45) is 9.46. The highest BCUT2D eigenvalue weighted by Crippen LogP contribution is 2.36. The standard InChI is InChI=1S/C17H23NO2/c1-3-13(4-1)15(18-14-5-2-6-14)9-12-7-8-16-17(10-12)20-11-19-16/h7-8,10,13-15,18H,1-6,9,11H2. The number of hydrogen-bond donors (Lipinski definition) is 1. The summed E-state index contributed by atoms with van der Waals surface area (Å²) in [7, 11) is 0. The number of benzene rings is 1. The molecular weight excluding hydrogens is 250 g/mol. The van der Waals surface area contributed by atoms with Crippen LogP contribution in [0.25, 0.3) is 0 Å². The number of fused-ring (bicyclic) bond motifs is 1. The van der Waals surface area contributed by atoms with Gasteiger partial charge in [0.15, 0.2) is 11.5 Å². The molecule has 1 atom stereocenters. The van der Waals surface area contributed by atoms with Crippen molar-refractivity contribution in [1.82, 2.24) is 5.32 Å². The van der Waals surface area contributed by atoms with Gasteiger partial charge in [0.2, 0.25) is 6.79 Å². The van der Waals surface area contributed by atoms with E-state index in [9.17, 15) is 0 Å². The maximum absolute atomic E-state index is 5.49. The molecule has 0 bridgehead atoms. The number of ether oxygens (including phenoxy) is 2. The van der Waals surface area contributed by atoms with Crippen LogP contribution in [0.3, 0.4) is 0 Å². The minimum atomic E-state index is 0.366. The van der Waals surface area contributed by atoms with Gasteiger partial charge in [-0.2, -0.15) is 0 Å². The topological polar surface area (TPSA) is 30.5 Å². The van der Waals surface area contributed by atoms with E-state index in [-0.39, 0.29) is 0 Å². The fourth-order valence-corrected chi connectivity index (χ4v) is 3.40. The van der Waals surface area contributed by atoms with Crippen LogP contribution in [0.4, 0.5) is 0 Å². The zero-order valence-corrected chi connectivity index (χ0v) is 11.9. The zero-order chi connectivity index (χ0) is 13.4. The van der Waals surface area contributed by atoms with Gasteiger partial charge < -0.3 is 14.8 Å². The fraction of sp³-hybridized carbons (Fsp3) is 0.647. The molecule has 4 rings (SSSR count). The van der Waals surface area contributed by atoms with Crippen molar-refractivity contribution in [3.05, 3.63) is 23.8 Å². The summed E-state index contributed by atoms with van der Waals surface area (Å²) in [5.74, 6) is 2.68. The third-order valence-corrected chi connectivity index (χ3v) is 5.17. The fourth-order valence-electron chi connectivity index (χ4n) is 3.40. The van der Waals surface area contributed by atoms with Crippen LogP contribution < -0.4 is 14.8 Å². The average molecular weight is 273 g/mol. The van der Waals surface area contributed by atoms with E-state index in [1.807, 2.05) is 0 Å². The molecule has 108 valence electrons. The molecule has 0 radical (unpaired) electrons. The van der Waals surface area contributed by atoms with Gasteiger partial charge in [-0.3, -0.25) is 0 Å². The first-order valence-corrected chi connectivity index (χ1v) is 8.03. The molecule has 2 aliphatic carbocycles. The third kappa shape index (κ3) is 2.39. The van der Waals surface area contributed by atoms with Crippen molar-refractivity contribution < 1.29 is 9.47 Å². The molecule has 1 N–H and O–H groups in total. The van der Waals surface area contributed by atoms with Gasteiger partial charge in [-0.05, 0) is 55.7 Å². The van der Waals surface area contributed by atoms with Crippen molar-refractivity contribution in [1.29, 1.82) is 0 Å². The summed E-state index contributed by atoms with van der Waals surface area (Å²) in [5, 5.41) is 3.90. The van der Waals surface area contributed by atoms with Crippen molar-refractivity contribution in [2.75, 3.05) is 6.79 Å². The normalized spacial score (nSPS) is 23.2. The highest BCUT2D eigenvalue weighted by Gasteiger charge is 2.30. The van der Waals surface area contributed by atoms with E-state index in [1.165, 1.54) is 44.1 Å². The Labute approximate surface area is 120 Å². The van der Waals surface area contributed by atoms with Crippen LogP contribution in [-0.4, -0.2) is 18.9 Å². The monoisotopic (exact) mass is 273 g/mol. The minimum absolute atomic E-state index is 0.366. The van der Waals surface area contributed by atoms with E-state index in [1.54, 1.807) is 0 Å². The second-order valence-electron chi connectivity index (χ2n) is 6.48. The molecule has 0 amide bonds. The van der Waals surface area contributed by atoms with Crippen molar-refractivity contribution in [2.24, 2.45) is 5.92 Å². The smallest absolute Gasteiger partial charge is 0.231 e. The van der Waals surface area contributed by atoms with Crippen LogP contribution in [0.1, 0.15) is 44.1 Å². The van der Waals surface area contributed by atoms with Gasteiger partial charge in [0, 0.05) is 12.1 Å². The molecule has 0 spiro atoms. The van der Waals surface area contributed by atoms with Crippen molar-refractivity contribution in [3.63, 3.8) is 0 Å². The van der Waals surface area contributed by atoms with Gasteiger partial charge in [-0.15, -0.1) is 0 Å². The van der Waals surface area contributed by atoms with Gasteiger partial charge in [0.05, 0.1) is 0 Å². The predicted octanol–water partition coefficient (Wildman–Crippen LogP) is 3.27. The van der Waals surface area contributed by atoms with E-state index in [4.69, 9.17) is 9.47 Å². The highest BCUT2D eigenvalue weighted by molar-refractivity contribution is 5.44.